The third kappa shape index (κ3) is 4.88. The summed E-state index contributed by atoms with van der Waals surface area (Å²) in [5.41, 5.74) is 2.59. The maximum atomic E-state index is 12.8. The highest BCUT2D eigenvalue weighted by atomic mass is 32.1. The van der Waals surface area contributed by atoms with Gasteiger partial charge >= 0.3 is 5.97 Å². The summed E-state index contributed by atoms with van der Waals surface area (Å²) in [4.78, 5) is 40.3. The number of nitrogens with zero attached hydrogens (tertiary/aromatic N) is 1. The molecule has 2 N–H and O–H groups in total. The Labute approximate surface area is 192 Å². The monoisotopic (exact) mass is 454 g/mol. The molecule has 1 saturated carbocycles. The van der Waals surface area contributed by atoms with Crippen LogP contribution in [-0.2, 0) is 24.2 Å². The van der Waals surface area contributed by atoms with Gasteiger partial charge in [-0.15, -0.1) is 11.3 Å². The van der Waals surface area contributed by atoms with Crippen LogP contribution in [0.3, 0.4) is 0 Å². The highest BCUT2D eigenvalue weighted by molar-refractivity contribution is 7.17. The molecule has 2 heterocycles. The lowest BCUT2D eigenvalue weighted by molar-refractivity contribution is -0.133. The minimum atomic E-state index is -1.04. The topological polar surface area (TPSA) is 86.7 Å². The first-order valence-corrected chi connectivity index (χ1v) is 12.3. The van der Waals surface area contributed by atoms with Gasteiger partial charge in [-0.1, -0.05) is 38.3 Å². The summed E-state index contributed by atoms with van der Waals surface area (Å²) in [6.07, 6.45) is 7.76. The second-order valence-electron chi connectivity index (χ2n) is 8.83. The first-order valence-electron chi connectivity index (χ1n) is 11.5. The van der Waals surface area contributed by atoms with Gasteiger partial charge in [0.25, 0.3) is 5.91 Å². The van der Waals surface area contributed by atoms with Crippen LogP contribution in [0.15, 0.2) is 24.3 Å². The van der Waals surface area contributed by atoms with E-state index in [1.807, 2.05) is 17.0 Å². The fourth-order valence-electron chi connectivity index (χ4n) is 4.81. The van der Waals surface area contributed by atoms with Crippen LogP contribution in [0.1, 0.15) is 82.2 Å². The normalized spacial score (nSPS) is 16.1. The van der Waals surface area contributed by atoms with Crippen molar-refractivity contribution in [1.29, 1.82) is 0 Å². The molecular formula is C25H30N2O4S. The average molecular weight is 455 g/mol. The Morgan fingerprint density at radius 1 is 1.16 bits per heavy atom. The number of carbonyl (C=O) groups excluding carboxylic acids is 2. The van der Waals surface area contributed by atoms with Gasteiger partial charge in [-0.3, -0.25) is 9.59 Å². The Kier molecular flexibility index (Phi) is 6.94. The van der Waals surface area contributed by atoms with E-state index in [1.54, 1.807) is 12.1 Å². The van der Waals surface area contributed by atoms with Crippen LogP contribution in [0.2, 0.25) is 0 Å². The van der Waals surface area contributed by atoms with E-state index in [9.17, 15) is 19.5 Å². The molecule has 1 aliphatic heterocycles. The van der Waals surface area contributed by atoms with Gasteiger partial charge in [-0.2, -0.15) is 0 Å². The van der Waals surface area contributed by atoms with E-state index in [0.29, 0.717) is 42.4 Å². The molecule has 0 unspecified atom stereocenters. The number of amides is 2. The van der Waals surface area contributed by atoms with Crippen molar-refractivity contribution in [1.82, 2.24) is 4.90 Å². The van der Waals surface area contributed by atoms with Gasteiger partial charge < -0.3 is 15.3 Å². The number of anilines is 1. The molecule has 1 aromatic carbocycles. The third-order valence-corrected chi connectivity index (χ3v) is 7.68. The van der Waals surface area contributed by atoms with Gasteiger partial charge in [0.05, 0.1) is 12.1 Å². The number of benzene rings is 1. The van der Waals surface area contributed by atoms with E-state index in [4.69, 9.17) is 0 Å². The molecule has 1 aromatic heterocycles. The van der Waals surface area contributed by atoms with Gasteiger partial charge in [-0.25, -0.2) is 4.79 Å². The van der Waals surface area contributed by atoms with Crippen molar-refractivity contribution in [2.24, 2.45) is 5.92 Å². The smallest absolute Gasteiger partial charge is 0.339 e. The number of hydrogen-bond donors (Lipinski definition) is 2. The Hall–Kier alpha value is -2.67. The zero-order valence-corrected chi connectivity index (χ0v) is 19.3. The number of thiophene rings is 1. The second kappa shape index (κ2) is 9.86. The molecular weight excluding hydrogens is 424 g/mol. The Bertz CT molecular complexity index is 1010. The molecule has 32 heavy (non-hydrogen) atoms. The fourth-order valence-corrected chi connectivity index (χ4v) is 6.06. The summed E-state index contributed by atoms with van der Waals surface area (Å²) < 4.78 is 0. The Morgan fingerprint density at radius 3 is 2.53 bits per heavy atom. The molecule has 1 fully saturated rings. The Morgan fingerprint density at radius 2 is 1.88 bits per heavy atom. The molecule has 0 bridgehead atoms. The molecule has 0 saturated heterocycles. The average Bonchev–Trinajstić information content (AvgIpc) is 3.41. The van der Waals surface area contributed by atoms with Crippen molar-refractivity contribution < 1.29 is 19.5 Å². The van der Waals surface area contributed by atoms with E-state index in [1.165, 1.54) is 29.7 Å². The lowest BCUT2D eigenvalue weighted by Crippen LogP contribution is -2.36. The SMILES string of the molecule is CCCc1ccc(C(=O)Nc2sc3c(c2C(=O)O)CCN(C(=O)CC2CCCC2)C3)cc1. The van der Waals surface area contributed by atoms with E-state index in [2.05, 4.69) is 12.2 Å². The molecule has 1 aliphatic carbocycles. The quantitative estimate of drug-likeness (QED) is 0.608. The van der Waals surface area contributed by atoms with Gasteiger partial charge in [0.15, 0.2) is 0 Å². The fraction of sp³-hybridized carbons (Fsp3) is 0.480. The summed E-state index contributed by atoms with van der Waals surface area (Å²) in [7, 11) is 0. The largest absolute Gasteiger partial charge is 0.478 e. The molecule has 6 nitrogen and oxygen atoms in total. The van der Waals surface area contributed by atoms with Crippen LogP contribution >= 0.6 is 11.3 Å². The minimum Gasteiger partial charge on any atom is -0.478 e. The van der Waals surface area contributed by atoms with Crippen LogP contribution in [0.4, 0.5) is 5.00 Å². The molecule has 7 heteroatoms. The summed E-state index contributed by atoms with van der Waals surface area (Å²) >= 11 is 1.28. The van der Waals surface area contributed by atoms with Crippen LogP contribution in [0.25, 0.3) is 0 Å². The van der Waals surface area contributed by atoms with Crippen molar-refractivity contribution >= 4 is 34.1 Å². The third-order valence-electron chi connectivity index (χ3n) is 6.54. The maximum absolute atomic E-state index is 12.8. The summed E-state index contributed by atoms with van der Waals surface area (Å²) in [6, 6.07) is 7.42. The number of carboxylic acids is 1. The van der Waals surface area contributed by atoms with Crippen molar-refractivity contribution in [3.05, 3.63) is 51.4 Å². The Balaban J connectivity index is 1.49. The van der Waals surface area contributed by atoms with Crippen LogP contribution in [-0.4, -0.2) is 34.3 Å². The van der Waals surface area contributed by atoms with Gasteiger partial charge in [0.1, 0.15) is 5.00 Å². The van der Waals surface area contributed by atoms with Gasteiger partial charge in [-0.05, 0) is 54.9 Å². The number of nitrogens with one attached hydrogen (secondary N) is 1. The van der Waals surface area contributed by atoms with E-state index >= 15 is 0 Å². The number of hydrogen-bond acceptors (Lipinski definition) is 4. The predicted molar refractivity (Wildman–Crippen MR) is 125 cm³/mol. The predicted octanol–water partition coefficient (Wildman–Crippen LogP) is 5.12. The maximum Gasteiger partial charge on any atom is 0.339 e. The van der Waals surface area contributed by atoms with E-state index in [0.717, 1.165) is 36.1 Å². The zero-order valence-electron chi connectivity index (χ0n) is 18.5. The number of aromatic carboxylic acids is 1. The standard InChI is InChI=1S/C25H30N2O4S/c1-2-5-16-8-10-18(11-9-16)23(29)26-24-22(25(30)31)19-12-13-27(15-20(19)32-24)21(28)14-17-6-3-4-7-17/h8-11,17H,2-7,12-15H2,1H3,(H,26,29)(H,30,31). The molecule has 0 spiro atoms. The van der Waals surface area contributed by atoms with Crippen molar-refractivity contribution in [3.8, 4) is 0 Å². The first-order chi connectivity index (χ1) is 15.5. The zero-order chi connectivity index (χ0) is 22.7. The molecule has 2 aromatic rings. The number of carbonyl (C=O) groups is 3. The van der Waals surface area contributed by atoms with E-state index < -0.39 is 5.97 Å². The summed E-state index contributed by atoms with van der Waals surface area (Å²) in [5, 5.41) is 13.0. The lowest BCUT2D eigenvalue weighted by Gasteiger charge is -2.28. The summed E-state index contributed by atoms with van der Waals surface area (Å²) in [6.45, 7) is 3.06. The highest BCUT2D eigenvalue weighted by Crippen LogP contribution is 2.38. The van der Waals surface area contributed by atoms with Crippen molar-refractivity contribution in [2.45, 2.75) is 64.8 Å². The number of fused-ring (bicyclic) bond motifs is 1. The molecule has 2 amide bonds. The van der Waals surface area contributed by atoms with Crippen molar-refractivity contribution in [2.75, 3.05) is 11.9 Å². The van der Waals surface area contributed by atoms with Crippen LogP contribution in [0, 0.1) is 5.92 Å². The highest BCUT2D eigenvalue weighted by Gasteiger charge is 2.31. The lowest BCUT2D eigenvalue weighted by atomic mass is 10.00. The minimum absolute atomic E-state index is 0.158. The number of carboxylic acid groups (broad SMARTS) is 1. The second-order valence-corrected chi connectivity index (χ2v) is 9.94. The van der Waals surface area contributed by atoms with Crippen LogP contribution in [0.5, 0.6) is 0 Å². The first kappa shape index (κ1) is 22.5. The summed E-state index contributed by atoms with van der Waals surface area (Å²) in [5.74, 6) is -0.712. The molecule has 0 radical (unpaired) electrons. The molecule has 4 rings (SSSR count). The molecule has 170 valence electrons. The number of aryl methyl sites for hydroxylation is 1. The number of rotatable bonds is 7. The van der Waals surface area contributed by atoms with Gasteiger partial charge in [0, 0.05) is 23.4 Å². The molecule has 2 aliphatic rings. The molecule has 0 atom stereocenters. The van der Waals surface area contributed by atoms with Crippen LogP contribution < -0.4 is 5.32 Å². The van der Waals surface area contributed by atoms with Crippen molar-refractivity contribution in [3.63, 3.8) is 0 Å². The van der Waals surface area contributed by atoms with E-state index in [-0.39, 0.29) is 17.4 Å². The van der Waals surface area contributed by atoms with Gasteiger partial charge in [0.2, 0.25) is 5.91 Å².